The number of ether oxygens (including phenoxy) is 1. The molecule has 6 nitrogen and oxygen atoms in total. The molecule has 1 aliphatic heterocycles. The summed E-state index contributed by atoms with van der Waals surface area (Å²) in [6, 6.07) is 12.5. The van der Waals surface area contributed by atoms with Crippen LogP contribution in [-0.4, -0.2) is 30.3 Å². The number of amides is 1. The number of benzene rings is 1. The van der Waals surface area contributed by atoms with Gasteiger partial charge in [0.2, 0.25) is 0 Å². The number of hydrogen-bond donors (Lipinski definition) is 1. The highest BCUT2D eigenvalue weighted by Crippen LogP contribution is 2.29. The Hall–Kier alpha value is -2.57. The standard InChI is InChI=1S/C20H19ClN2O4/c1-12-8-14(27-23-12)9-13-10-25-11-17(13)22-20(24)19-7-6-18(26-19)15-4-2-3-5-16(15)21/h2-8,13,17H,9-11H2,1H3,(H,22,24)/t13-,17+/m1/s1. The Morgan fingerprint density at radius 2 is 2.11 bits per heavy atom. The van der Waals surface area contributed by atoms with Gasteiger partial charge < -0.3 is 19.0 Å². The number of aryl methyl sites for hydroxylation is 1. The fraction of sp³-hybridized carbons (Fsp3) is 0.300. The van der Waals surface area contributed by atoms with Gasteiger partial charge in [0.1, 0.15) is 11.5 Å². The molecule has 2 atom stereocenters. The van der Waals surface area contributed by atoms with Crippen LogP contribution >= 0.6 is 11.6 Å². The molecule has 0 saturated carbocycles. The Kier molecular flexibility index (Phi) is 5.01. The van der Waals surface area contributed by atoms with Gasteiger partial charge in [0.15, 0.2) is 5.76 Å². The zero-order valence-electron chi connectivity index (χ0n) is 14.8. The van der Waals surface area contributed by atoms with Gasteiger partial charge in [-0.1, -0.05) is 28.9 Å². The molecule has 7 heteroatoms. The lowest BCUT2D eigenvalue weighted by Gasteiger charge is -2.17. The monoisotopic (exact) mass is 386 g/mol. The molecule has 1 amide bonds. The summed E-state index contributed by atoms with van der Waals surface area (Å²) in [7, 11) is 0. The van der Waals surface area contributed by atoms with E-state index >= 15 is 0 Å². The Bertz CT molecular complexity index is 949. The highest BCUT2D eigenvalue weighted by molar-refractivity contribution is 6.33. The molecule has 3 heterocycles. The topological polar surface area (TPSA) is 77.5 Å². The molecule has 3 aromatic rings. The molecule has 0 spiro atoms. The third-order valence-corrected chi connectivity index (χ3v) is 4.95. The van der Waals surface area contributed by atoms with Crippen molar-refractivity contribution >= 4 is 17.5 Å². The fourth-order valence-electron chi connectivity index (χ4n) is 3.24. The van der Waals surface area contributed by atoms with Crippen LogP contribution in [0.25, 0.3) is 11.3 Å². The number of rotatable bonds is 5. The lowest BCUT2D eigenvalue weighted by molar-refractivity contribution is 0.0897. The van der Waals surface area contributed by atoms with Gasteiger partial charge in [0.25, 0.3) is 5.91 Å². The maximum Gasteiger partial charge on any atom is 0.287 e. The van der Waals surface area contributed by atoms with Crippen molar-refractivity contribution in [2.24, 2.45) is 5.92 Å². The summed E-state index contributed by atoms with van der Waals surface area (Å²) >= 11 is 6.19. The summed E-state index contributed by atoms with van der Waals surface area (Å²) in [5.74, 6) is 1.44. The van der Waals surface area contributed by atoms with Crippen molar-refractivity contribution < 1.29 is 18.5 Å². The summed E-state index contributed by atoms with van der Waals surface area (Å²) < 4.78 is 16.5. The third kappa shape index (κ3) is 3.91. The quantitative estimate of drug-likeness (QED) is 0.719. The van der Waals surface area contributed by atoms with Crippen LogP contribution in [0.2, 0.25) is 5.02 Å². The van der Waals surface area contributed by atoms with E-state index in [-0.39, 0.29) is 23.6 Å². The second-order valence-electron chi connectivity index (χ2n) is 6.66. The lowest BCUT2D eigenvalue weighted by atomic mass is 9.98. The summed E-state index contributed by atoms with van der Waals surface area (Å²) in [5, 5.41) is 7.48. The van der Waals surface area contributed by atoms with E-state index in [2.05, 4.69) is 10.5 Å². The van der Waals surface area contributed by atoms with Crippen LogP contribution in [0, 0.1) is 12.8 Å². The summed E-state index contributed by atoms with van der Waals surface area (Å²) in [5.41, 5.74) is 1.59. The molecule has 1 aliphatic rings. The Labute approximate surface area is 161 Å². The van der Waals surface area contributed by atoms with Gasteiger partial charge in [0.05, 0.1) is 30.0 Å². The van der Waals surface area contributed by atoms with Crippen molar-refractivity contribution in [2.45, 2.75) is 19.4 Å². The van der Waals surface area contributed by atoms with Gasteiger partial charge in [0, 0.05) is 24.0 Å². The van der Waals surface area contributed by atoms with Crippen LogP contribution in [0.5, 0.6) is 0 Å². The largest absolute Gasteiger partial charge is 0.451 e. The number of carbonyl (C=O) groups is 1. The van der Waals surface area contributed by atoms with Crippen LogP contribution in [0.4, 0.5) is 0 Å². The minimum absolute atomic E-state index is 0.114. The predicted molar refractivity (Wildman–Crippen MR) is 99.7 cm³/mol. The molecule has 0 bridgehead atoms. The van der Waals surface area contributed by atoms with Gasteiger partial charge in [-0.3, -0.25) is 4.79 Å². The van der Waals surface area contributed by atoms with Crippen LogP contribution in [0.3, 0.4) is 0 Å². The third-order valence-electron chi connectivity index (χ3n) is 4.62. The number of furan rings is 1. The molecule has 4 rings (SSSR count). The molecular formula is C20H19ClN2O4. The highest BCUT2D eigenvalue weighted by atomic mass is 35.5. The van der Waals surface area contributed by atoms with E-state index in [0.717, 1.165) is 17.0 Å². The molecule has 140 valence electrons. The Balaban J connectivity index is 1.43. The minimum Gasteiger partial charge on any atom is -0.451 e. The lowest BCUT2D eigenvalue weighted by Crippen LogP contribution is -2.40. The SMILES string of the molecule is Cc1cc(C[C@@H]2COC[C@@H]2NC(=O)c2ccc(-c3ccccc3Cl)o2)on1. The smallest absolute Gasteiger partial charge is 0.287 e. The van der Waals surface area contributed by atoms with Crippen molar-refractivity contribution in [3.8, 4) is 11.3 Å². The Morgan fingerprint density at radius 3 is 2.89 bits per heavy atom. The second-order valence-corrected chi connectivity index (χ2v) is 7.07. The summed E-state index contributed by atoms with van der Waals surface area (Å²) in [6.07, 6.45) is 0.662. The Morgan fingerprint density at radius 1 is 1.26 bits per heavy atom. The molecule has 1 fully saturated rings. The minimum atomic E-state index is -0.275. The van der Waals surface area contributed by atoms with Gasteiger partial charge in [-0.2, -0.15) is 0 Å². The van der Waals surface area contributed by atoms with Crippen molar-refractivity contribution in [1.82, 2.24) is 10.5 Å². The van der Waals surface area contributed by atoms with Gasteiger partial charge in [-0.25, -0.2) is 0 Å². The fourth-order valence-corrected chi connectivity index (χ4v) is 3.46. The van der Waals surface area contributed by atoms with E-state index in [1.165, 1.54) is 0 Å². The van der Waals surface area contributed by atoms with E-state index in [0.29, 0.717) is 30.4 Å². The van der Waals surface area contributed by atoms with Crippen LogP contribution in [-0.2, 0) is 11.2 Å². The molecule has 1 N–H and O–H groups in total. The zero-order valence-corrected chi connectivity index (χ0v) is 15.5. The molecule has 2 aromatic heterocycles. The van der Waals surface area contributed by atoms with Crippen molar-refractivity contribution in [3.63, 3.8) is 0 Å². The van der Waals surface area contributed by atoms with Crippen LogP contribution in [0.15, 0.2) is 51.4 Å². The number of halogens is 1. The van der Waals surface area contributed by atoms with E-state index in [9.17, 15) is 4.79 Å². The average Bonchev–Trinajstić information content (AvgIpc) is 3.38. The van der Waals surface area contributed by atoms with Gasteiger partial charge in [-0.15, -0.1) is 0 Å². The van der Waals surface area contributed by atoms with E-state index in [1.54, 1.807) is 18.2 Å². The molecule has 1 aromatic carbocycles. The summed E-state index contributed by atoms with van der Waals surface area (Å²) in [6.45, 7) is 2.90. The average molecular weight is 387 g/mol. The van der Waals surface area contributed by atoms with Gasteiger partial charge >= 0.3 is 0 Å². The van der Waals surface area contributed by atoms with Gasteiger partial charge in [-0.05, 0) is 31.2 Å². The predicted octanol–water partition coefficient (Wildman–Crippen LogP) is 3.88. The van der Waals surface area contributed by atoms with Crippen molar-refractivity contribution in [2.75, 3.05) is 13.2 Å². The first-order chi connectivity index (χ1) is 13.1. The van der Waals surface area contributed by atoms with Crippen LogP contribution < -0.4 is 5.32 Å². The first kappa shape index (κ1) is 17.8. The second kappa shape index (κ2) is 7.58. The molecule has 27 heavy (non-hydrogen) atoms. The maximum absolute atomic E-state index is 12.6. The van der Waals surface area contributed by atoms with E-state index < -0.39 is 0 Å². The molecule has 0 radical (unpaired) electrons. The van der Waals surface area contributed by atoms with Crippen molar-refractivity contribution in [1.29, 1.82) is 0 Å². The van der Waals surface area contributed by atoms with Crippen molar-refractivity contribution in [3.05, 3.63) is 64.7 Å². The summed E-state index contributed by atoms with van der Waals surface area (Å²) in [4.78, 5) is 12.6. The molecular weight excluding hydrogens is 368 g/mol. The normalized spacial score (nSPS) is 19.3. The van der Waals surface area contributed by atoms with Crippen LogP contribution in [0.1, 0.15) is 22.0 Å². The number of carbonyl (C=O) groups excluding carboxylic acids is 1. The molecule has 0 unspecified atom stereocenters. The maximum atomic E-state index is 12.6. The number of nitrogens with one attached hydrogen (secondary N) is 1. The molecule has 1 saturated heterocycles. The zero-order chi connectivity index (χ0) is 18.8. The van der Waals surface area contributed by atoms with E-state index in [4.69, 9.17) is 25.3 Å². The highest BCUT2D eigenvalue weighted by Gasteiger charge is 2.31. The first-order valence-corrected chi connectivity index (χ1v) is 9.13. The first-order valence-electron chi connectivity index (χ1n) is 8.75. The van der Waals surface area contributed by atoms with E-state index in [1.807, 2.05) is 31.2 Å². The molecule has 0 aliphatic carbocycles. The number of nitrogens with zero attached hydrogens (tertiary/aromatic N) is 1. The number of hydrogen-bond acceptors (Lipinski definition) is 5. The number of aromatic nitrogens is 1.